The van der Waals surface area contributed by atoms with Crippen molar-refractivity contribution in [2.24, 2.45) is 0 Å². The number of hydrogen-bond acceptors (Lipinski definition) is 4. The summed E-state index contributed by atoms with van der Waals surface area (Å²) in [7, 11) is 1.98. The van der Waals surface area contributed by atoms with Crippen LogP contribution < -0.4 is 5.32 Å². The summed E-state index contributed by atoms with van der Waals surface area (Å²) in [5.41, 5.74) is 4.11. The maximum Gasteiger partial charge on any atom is 0.335 e. The Bertz CT molecular complexity index is 1010. The van der Waals surface area contributed by atoms with Gasteiger partial charge in [-0.15, -0.1) is 0 Å². The van der Waals surface area contributed by atoms with Gasteiger partial charge in [0, 0.05) is 17.1 Å². The van der Waals surface area contributed by atoms with E-state index in [1.54, 1.807) is 43.0 Å². The molecule has 2 aromatic heterocycles. The highest BCUT2D eigenvalue weighted by atomic mass is 16.4. The summed E-state index contributed by atoms with van der Waals surface area (Å²) in [6.07, 6.45) is 6.43. The lowest BCUT2D eigenvalue weighted by atomic mass is 10.1. The van der Waals surface area contributed by atoms with E-state index in [0.29, 0.717) is 5.56 Å². The van der Waals surface area contributed by atoms with E-state index in [1.807, 2.05) is 11.7 Å². The number of carboxylic acids is 1. The van der Waals surface area contributed by atoms with Gasteiger partial charge in [-0.25, -0.2) is 14.5 Å². The number of carbonyl (C=O) groups is 1. The SMILES string of the molecule is CNCCc1c[nH]c2ccc(Cn3cncn3)cc12.O=C(O)c1ccccc1. The first-order valence-corrected chi connectivity index (χ1v) is 9.01. The second-order valence-electron chi connectivity index (χ2n) is 6.31. The van der Waals surface area contributed by atoms with Gasteiger partial charge in [0.2, 0.25) is 0 Å². The van der Waals surface area contributed by atoms with Gasteiger partial charge in [0.1, 0.15) is 12.7 Å². The van der Waals surface area contributed by atoms with Crippen LogP contribution in [0.25, 0.3) is 10.9 Å². The van der Waals surface area contributed by atoms with Crippen molar-refractivity contribution in [1.82, 2.24) is 25.1 Å². The lowest BCUT2D eigenvalue weighted by molar-refractivity contribution is 0.0697. The van der Waals surface area contributed by atoms with Gasteiger partial charge in [0.25, 0.3) is 0 Å². The number of nitrogens with zero attached hydrogens (tertiary/aromatic N) is 3. The van der Waals surface area contributed by atoms with Crippen LogP contribution in [0, 0.1) is 0 Å². The molecule has 0 unspecified atom stereocenters. The van der Waals surface area contributed by atoms with Crippen LogP contribution in [0.5, 0.6) is 0 Å². The highest BCUT2D eigenvalue weighted by molar-refractivity contribution is 5.87. The first kappa shape index (κ1) is 19.3. The molecular weight excluding hydrogens is 354 g/mol. The third-order valence-corrected chi connectivity index (χ3v) is 4.31. The number of carboxylic acid groups (broad SMARTS) is 1. The molecule has 0 saturated carbocycles. The number of hydrogen-bond donors (Lipinski definition) is 3. The Morgan fingerprint density at radius 3 is 2.68 bits per heavy atom. The Hall–Kier alpha value is -3.45. The van der Waals surface area contributed by atoms with E-state index in [1.165, 1.54) is 22.0 Å². The van der Waals surface area contributed by atoms with E-state index in [2.05, 4.69) is 44.8 Å². The van der Waals surface area contributed by atoms with E-state index < -0.39 is 5.97 Å². The van der Waals surface area contributed by atoms with E-state index in [0.717, 1.165) is 19.5 Å². The minimum absolute atomic E-state index is 0.331. The molecule has 7 heteroatoms. The van der Waals surface area contributed by atoms with Crippen molar-refractivity contribution in [3.63, 3.8) is 0 Å². The van der Waals surface area contributed by atoms with Crippen LogP contribution in [0.1, 0.15) is 21.5 Å². The number of aromatic amines is 1. The topological polar surface area (TPSA) is 95.8 Å². The molecule has 4 rings (SSSR count). The summed E-state index contributed by atoms with van der Waals surface area (Å²) < 4.78 is 1.83. The van der Waals surface area contributed by atoms with Crippen LogP contribution in [-0.2, 0) is 13.0 Å². The van der Waals surface area contributed by atoms with Crippen molar-refractivity contribution in [1.29, 1.82) is 0 Å². The molecule has 28 heavy (non-hydrogen) atoms. The first-order valence-electron chi connectivity index (χ1n) is 9.01. The molecular formula is C21H23N5O2. The molecule has 144 valence electrons. The van der Waals surface area contributed by atoms with Gasteiger partial charge >= 0.3 is 5.97 Å². The standard InChI is InChI=1S/C14H17N5.C7H6O2/c1-15-5-4-12-7-17-14-3-2-11(6-13(12)14)8-19-10-16-9-18-19;8-7(9)6-4-2-1-3-5-6/h2-3,6-7,9-10,15,17H,4-5,8H2,1H3;1-5H,(H,8,9). The number of rotatable bonds is 6. The van der Waals surface area contributed by atoms with Crippen molar-refractivity contribution >= 4 is 16.9 Å². The molecule has 7 nitrogen and oxygen atoms in total. The lowest BCUT2D eigenvalue weighted by Crippen LogP contribution is -2.09. The van der Waals surface area contributed by atoms with E-state index in [9.17, 15) is 4.79 Å². The Balaban J connectivity index is 0.000000211. The summed E-state index contributed by atoms with van der Waals surface area (Å²) in [6, 6.07) is 14.8. The van der Waals surface area contributed by atoms with E-state index >= 15 is 0 Å². The molecule has 0 radical (unpaired) electrons. The molecule has 2 heterocycles. The molecule has 3 N–H and O–H groups in total. The maximum atomic E-state index is 10.2. The summed E-state index contributed by atoms with van der Waals surface area (Å²) >= 11 is 0. The van der Waals surface area contributed by atoms with E-state index in [-0.39, 0.29) is 0 Å². The quantitative estimate of drug-likeness (QED) is 0.480. The van der Waals surface area contributed by atoms with Gasteiger partial charge in [-0.3, -0.25) is 0 Å². The Morgan fingerprint density at radius 2 is 2.04 bits per heavy atom. The number of aromatic nitrogens is 4. The number of fused-ring (bicyclic) bond motifs is 1. The zero-order chi connectivity index (χ0) is 19.8. The Kier molecular flexibility index (Phi) is 6.54. The van der Waals surface area contributed by atoms with Gasteiger partial charge in [0.05, 0.1) is 12.1 Å². The van der Waals surface area contributed by atoms with Gasteiger partial charge in [0.15, 0.2) is 0 Å². The largest absolute Gasteiger partial charge is 0.478 e. The van der Waals surface area contributed by atoms with E-state index in [4.69, 9.17) is 5.11 Å². The van der Waals surface area contributed by atoms with Gasteiger partial charge in [-0.05, 0) is 55.4 Å². The van der Waals surface area contributed by atoms with Gasteiger partial charge < -0.3 is 15.4 Å². The summed E-state index contributed by atoms with van der Waals surface area (Å²) in [5.74, 6) is -0.879. The number of benzene rings is 2. The third-order valence-electron chi connectivity index (χ3n) is 4.31. The predicted molar refractivity (Wildman–Crippen MR) is 108 cm³/mol. The highest BCUT2D eigenvalue weighted by Gasteiger charge is 2.05. The van der Waals surface area contributed by atoms with Crippen molar-refractivity contribution in [2.75, 3.05) is 13.6 Å². The predicted octanol–water partition coefficient (Wildman–Crippen LogP) is 2.95. The minimum atomic E-state index is -0.879. The van der Waals surface area contributed by atoms with Gasteiger partial charge in [-0.2, -0.15) is 5.10 Å². The Labute approximate surface area is 163 Å². The van der Waals surface area contributed by atoms with Crippen LogP contribution in [0.3, 0.4) is 0 Å². The zero-order valence-electron chi connectivity index (χ0n) is 15.7. The second kappa shape index (κ2) is 9.48. The minimum Gasteiger partial charge on any atom is -0.478 e. The molecule has 0 saturated heterocycles. The number of aromatic carboxylic acids is 1. The molecule has 0 aliphatic heterocycles. The molecule has 0 amide bonds. The molecule has 2 aromatic carbocycles. The summed E-state index contributed by atoms with van der Waals surface area (Å²) in [6.45, 7) is 1.74. The number of nitrogens with one attached hydrogen (secondary N) is 2. The fourth-order valence-corrected chi connectivity index (χ4v) is 2.87. The van der Waals surface area contributed by atoms with Crippen LogP contribution >= 0.6 is 0 Å². The van der Waals surface area contributed by atoms with Crippen LogP contribution in [0.15, 0.2) is 67.4 Å². The zero-order valence-corrected chi connectivity index (χ0v) is 15.7. The smallest absolute Gasteiger partial charge is 0.335 e. The highest BCUT2D eigenvalue weighted by Crippen LogP contribution is 2.20. The number of H-pyrrole nitrogens is 1. The third kappa shape index (κ3) is 5.05. The molecule has 4 aromatic rings. The van der Waals surface area contributed by atoms with Gasteiger partial charge in [-0.1, -0.05) is 24.3 Å². The molecule has 0 aliphatic rings. The lowest BCUT2D eigenvalue weighted by Gasteiger charge is -2.03. The molecule has 0 fully saturated rings. The monoisotopic (exact) mass is 377 g/mol. The van der Waals surface area contributed by atoms with Crippen LogP contribution in [-0.4, -0.2) is 44.4 Å². The van der Waals surface area contributed by atoms with Crippen LogP contribution in [0.2, 0.25) is 0 Å². The average Bonchev–Trinajstić information content (AvgIpc) is 3.37. The molecule has 0 spiro atoms. The number of likely N-dealkylation sites (N-methyl/N-ethyl adjacent to an activating group) is 1. The fourth-order valence-electron chi connectivity index (χ4n) is 2.87. The van der Waals surface area contributed by atoms with Crippen molar-refractivity contribution in [2.45, 2.75) is 13.0 Å². The maximum absolute atomic E-state index is 10.2. The summed E-state index contributed by atoms with van der Waals surface area (Å²) in [5, 5.41) is 17.0. The fraction of sp³-hybridized carbons (Fsp3) is 0.190. The average molecular weight is 377 g/mol. The van der Waals surface area contributed by atoms with Crippen LogP contribution in [0.4, 0.5) is 0 Å². The summed E-state index contributed by atoms with van der Waals surface area (Å²) in [4.78, 5) is 17.5. The second-order valence-corrected chi connectivity index (χ2v) is 6.31. The normalized spacial score (nSPS) is 10.5. The van der Waals surface area contributed by atoms with Crippen molar-refractivity contribution in [3.8, 4) is 0 Å². The molecule has 0 atom stereocenters. The van der Waals surface area contributed by atoms with Crippen molar-refractivity contribution in [3.05, 3.63) is 84.1 Å². The molecule has 0 bridgehead atoms. The van der Waals surface area contributed by atoms with Crippen molar-refractivity contribution < 1.29 is 9.90 Å². The Morgan fingerprint density at radius 1 is 1.21 bits per heavy atom. The molecule has 0 aliphatic carbocycles. The first-order chi connectivity index (χ1) is 13.7.